The van der Waals surface area contributed by atoms with Crippen molar-refractivity contribution >= 4 is 18.2 Å². The summed E-state index contributed by atoms with van der Waals surface area (Å²) in [4.78, 5) is 27.1. The zero-order valence-corrected chi connectivity index (χ0v) is 14.8. The van der Waals surface area contributed by atoms with Crippen LogP contribution in [-0.2, 0) is 9.59 Å². The minimum absolute atomic E-state index is 0.00400. The van der Waals surface area contributed by atoms with Gasteiger partial charge in [0.2, 0.25) is 0 Å². The van der Waals surface area contributed by atoms with Crippen molar-refractivity contribution in [2.24, 2.45) is 10.9 Å². The second-order valence-corrected chi connectivity index (χ2v) is 6.32. The van der Waals surface area contributed by atoms with Gasteiger partial charge in [-0.2, -0.15) is 0 Å². The number of carboxylic acid groups (broad SMARTS) is 2. The van der Waals surface area contributed by atoms with Gasteiger partial charge in [-0.15, -0.1) is 0 Å². The van der Waals surface area contributed by atoms with Crippen molar-refractivity contribution in [2.45, 2.75) is 64.3 Å². The van der Waals surface area contributed by atoms with E-state index < -0.39 is 88.7 Å². The summed E-state index contributed by atoms with van der Waals surface area (Å²) in [5, 5.41) is 30.5. The van der Waals surface area contributed by atoms with E-state index in [4.69, 9.17) is 24.3 Å². The molecule has 154 valence electrons. The molecule has 0 fully saturated rings. The molecule has 0 saturated carbocycles. The highest BCUT2D eigenvalue weighted by molar-refractivity contribution is 5.89. The van der Waals surface area contributed by atoms with E-state index in [-0.39, 0.29) is 21.7 Å². The maximum atomic E-state index is 12.1. The SMILES string of the molecule is [2H]C([2H])([2H])C([2H])(N(CCC1=C2C(=CC=CC2(O)C(CCC(=O)O)C(=O)O)N=C1)C([2H])(C([2H])([2H])[2H])C([2H])([2H])[2H])C([2H])([2H])[2H]. The number of carboxylic acids is 2. The quantitative estimate of drug-likeness (QED) is 0.516. The van der Waals surface area contributed by atoms with Gasteiger partial charge in [0, 0.05) is 56.0 Å². The van der Waals surface area contributed by atoms with Crippen LogP contribution in [0.5, 0.6) is 0 Å². The van der Waals surface area contributed by atoms with E-state index >= 15 is 0 Å². The summed E-state index contributed by atoms with van der Waals surface area (Å²) in [5.41, 5.74) is -2.73. The molecule has 2 atom stereocenters. The van der Waals surface area contributed by atoms with Gasteiger partial charge in [0.25, 0.3) is 0 Å². The van der Waals surface area contributed by atoms with Crippen molar-refractivity contribution < 1.29 is 44.1 Å². The fourth-order valence-corrected chi connectivity index (χ4v) is 3.25. The largest absolute Gasteiger partial charge is 0.481 e. The number of aliphatic imine (C=N–C) groups is 1. The van der Waals surface area contributed by atoms with Gasteiger partial charge in [0.05, 0.1) is 11.6 Å². The summed E-state index contributed by atoms with van der Waals surface area (Å²) in [7, 11) is 0. The Balaban J connectivity index is 2.80. The van der Waals surface area contributed by atoms with Crippen LogP contribution in [0.4, 0.5) is 0 Å². The van der Waals surface area contributed by atoms with Gasteiger partial charge >= 0.3 is 11.9 Å². The Bertz CT molecular complexity index is 1150. The predicted molar refractivity (Wildman–Crippen MR) is 107 cm³/mol. The number of fused-ring (bicyclic) bond motifs is 1. The summed E-state index contributed by atoms with van der Waals surface area (Å²) in [6, 6.07) is -7.89. The molecule has 0 amide bonds. The summed E-state index contributed by atoms with van der Waals surface area (Å²) in [6.45, 7) is -16.7. The minimum Gasteiger partial charge on any atom is -0.481 e. The number of aliphatic hydroxyl groups is 1. The van der Waals surface area contributed by atoms with Gasteiger partial charge in [-0.25, -0.2) is 0 Å². The van der Waals surface area contributed by atoms with Crippen LogP contribution < -0.4 is 0 Å². The standard InChI is InChI=1S/C21H30N2O5/c1-13(2)23(14(3)4)11-9-15-12-22-17-6-5-10-21(28,19(15)17)16(20(26)27)7-8-18(24)25/h5-6,10,12-14,16,28H,7-9,11H2,1-4H3,(H,24,25)(H,26,27)/i1D3,2D3,3D3,4D3,13D,14D. The lowest BCUT2D eigenvalue weighted by molar-refractivity contribution is -0.148. The molecule has 7 nitrogen and oxygen atoms in total. The number of rotatable bonds is 10. The van der Waals surface area contributed by atoms with Crippen LogP contribution in [0.2, 0.25) is 0 Å². The fourth-order valence-electron chi connectivity index (χ4n) is 3.25. The topological polar surface area (TPSA) is 110 Å². The molecule has 0 bridgehead atoms. The Morgan fingerprint density at radius 1 is 1.29 bits per heavy atom. The maximum absolute atomic E-state index is 12.1. The van der Waals surface area contributed by atoms with Gasteiger partial charge in [0.1, 0.15) is 5.60 Å². The average Bonchev–Trinajstić information content (AvgIpc) is 3.20. The van der Waals surface area contributed by atoms with Crippen LogP contribution in [0, 0.1) is 5.92 Å². The first-order chi connectivity index (χ1) is 18.7. The van der Waals surface area contributed by atoms with E-state index in [1.807, 2.05) is 0 Å². The molecule has 1 aliphatic carbocycles. The van der Waals surface area contributed by atoms with E-state index in [0.717, 1.165) is 12.3 Å². The van der Waals surface area contributed by atoms with Crippen LogP contribution >= 0.6 is 0 Å². The highest BCUT2D eigenvalue weighted by atomic mass is 16.4. The first-order valence-corrected chi connectivity index (χ1v) is 8.30. The molecule has 0 aromatic heterocycles. The van der Waals surface area contributed by atoms with Crippen LogP contribution in [0.25, 0.3) is 0 Å². The highest BCUT2D eigenvalue weighted by Crippen LogP contribution is 2.42. The molecule has 2 unspecified atom stereocenters. The highest BCUT2D eigenvalue weighted by Gasteiger charge is 2.47. The zero-order valence-electron chi connectivity index (χ0n) is 28.8. The molecule has 0 spiro atoms. The van der Waals surface area contributed by atoms with Gasteiger partial charge in [0.15, 0.2) is 0 Å². The third kappa shape index (κ3) is 4.59. The lowest BCUT2D eigenvalue weighted by Crippen LogP contribution is -2.44. The first kappa shape index (κ1) is 9.50. The molecule has 7 heteroatoms. The maximum Gasteiger partial charge on any atom is 0.310 e. The number of aliphatic carboxylic acids is 2. The molecule has 0 saturated heterocycles. The first-order valence-electron chi connectivity index (χ1n) is 15.3. The molecule has 0 aromatic carbocycles. The molecular weight excluding hydrogens is 360 g/mol. The minimum atomic E-state index is -3.95. The summed E-state index contributed by atoms with van der Waals surface area (Å²) in [6.07, 6.45) is 2.83. The van der Waals surface area contributed by atoms with Crippen LogP contribution in [-0.4, -0.2) is 62.6 Å². The molecule has 3 N–H and O–H groups in total. The van der Waals surface area contributed by atoms with Crippen molar-refractivity contribution in [1.29, 1.82) is 0 Å². The van der Waals surface area contributed by atoms with Crippen molar-refractivity contribution in [2.75, 3.05) is 6.54 Å². The molecule has 1 heterocycles. The van der Waals surface area contributed by atoms with E-state index in [0.29, 0.717) is 0 Å². The number of allylic oxidation sites excluding steroid dienone is 2. The van der Waals surface area contributed by atoms with Crippen molar-refractivity contribution in [3.8, 4) is 0 Å². The number of hydrogen-bond acceptors (Lipinski definition) is 5. The lowest BCUT2D eigenvalue weighted by Gasteiger charge is -2.35. The van der Waals surface area contributed by atoms with E-state index in [9.17, 15) is 19.8 Å². The van der Waals surface area contributed by atoms with Gasteiger partial charge in [-0.05, 0) is 58.0 Å². The van der Waals surface area contributed by atoms with Crippen LogP contribution in [0.15, 0.2) is 40.1 Å². The third-order valence-electron chi connectivity index (χ3n) is 4.56. The molecule has 0 radical (unpaired) electrons. The van der Waals surface area contributed by atoms with Gasteiger partial charge in [-0.1, -0.05) is 6.08 Å². The molecule has 0 aromatic rings. The fraction of sp³-hybridized carbons (Fsp3) is 0.571. The van der Waals surface area contributed by atoms with E-state index in [1.54, 1.807) is 0 Å². The Kier molecular flexibility index (Phi) is 3.00. The average molecular weight is 405 g/mol. The second-order valence-electron chi connectivity index (χ2n) is 6.32. The van der Waals surface area contributed by atoms with Crippen molar-refractivity contribution in [1.82, 2.24) is 4.90 Å². The van der Waals surface area contributed by atoms with E-state index in [1.165, 1.54) is 12.2 Å². The Morgan fingerprint density at radius 2 is 1.96 bits per heavy atom. The van der Waals surface area contributed by atoms with Crippen molar-refractivity contribution in [3.05, 3.63) is 35.1 Å². The lowest BCUT2D eigenvalue weighted by atomic mass is 9.73. The molecule has 2 rings (SSSR count). The van der Waals surface area contributed by atoms with Crippen molar-refractivity contribution in [3.63, 3.8) is 0 Å². The predicted octanol–water partition coefficient (Wildman–Crippen LogP) is 2.63. The Labute approximate surface area is 185 Å². The Hall–Kier alpha value is -2.25. The molecule has 28 heavy (non-hydrogen) atoms. The van der Waals surface area contributed by atoms with E-state index in [2.05, 4.69) is 4.99 Å². The molecule has 2 aliphatic rings. The Morgan fingerprint density at radius 3 is 2.54 bits per heavy atom. The third-order valence-corrected chi connectivity index (χ3v) is 4.56. The van der Waals surface area contributed by atoms with Crippen LogP contribution in [0.1, 0.15) is 65.9 Å². The zero-order chi connectivity index (χ0) is 32.9. The monoisotopic (exact) mass is 404 g/mol. The van der Waals surface area contributed by atoms with Crippen LogP contribution in [0.3, 0.4) is 0 Å². The molecule has 1 aliphatic heterocycles. The number of carbonyl (C=O) groups is 2. The number of nitrogens with zero attached hydrogens (tertiary/aromatic N) is 2. The summed E-state index contributed by atoms with van der Waals surface area (Å²) >= 11 is 0. The van der Waals surface area contributed by atoms with Gasteiger partial charge < -0.3 is 15.3 Å². The second kappa shape index (κ2) is 8.84. The normalized spacial score (nSPS) is 32.1. The smallest absolute Gasteiger partial charge is 0.310 e. The summed E-state index contributed by atoms with van der Waals surface area (Å²) in [5.74, 6) is -4.69. The summed E-state index contributed by atoms with van der Waals surface area (Å²) < 4.78 is 111. The van der Waals surface area contributed by atoms with Gasteiger partial charge in [-0.3, -0.25) is 19.5 Å². The number of hydrogen-bond donors (Lipinski definition) is 3. The molecular formula is C21H30N2O5.